The Kier molecular flexibility index (Phi) is 4.64. The minimum atomic E-state index is -0.724. The fraction of sp³-hybridized carbons (Fsp3) is 0.214. The van der Waals surface area contributed by atoms with Crippen LogP contribution in [0.3, 0.4) is 0 Å². The van der Waals surface area contributed by atoms with E-state index in [-0.39, 0.29) is 26.9 Å². The molecule has 0 fully saturated rings. The number of hydrogen-bond donors (Lipinski definition) is 1. The second kappa shape index (κ2) is 6.30. The van der Waals surface area contributed by atoms with Crippen LogP contribution < -0.4 is 10.3 Å². The van der Waals surface area contributed by atoms with Crippen LogP contribution in [0.25, 0.3) is 5.69 Å². The van der Waals surface area contributed by atoms with Crippen LogP contribution in [0.15, 0.2) is 16.9 Å². The zero-order chi connectivity index (χ0) is 16.4. The van der Waals surface area contributed by atoms with Crippen LogP contribution in [0, 0.1) is 29.9 Å². The van der Waals surface area contributed by atoms with Gasteiger partial charge in [0.05, 0.1) is 10.7 Å². The van der Waals surface area contributed by atoms with Crippen molar-refractivity contribution in [2.45, 2.75) is 20.0 Å². The first-order valence-electron chi connectivity index (χ1n) is 6.15. The molecule has 1 aromatic heterocycles. The van der Waals surface area contributed by atoms with Gasteiger partial charge in [0.25, 0.3) is 5.56 Å². The number of terminal acetylenes is 1. The molecule has 8 heteroatoms. The highest BCUT2D eigenvalue weighted by molar-refractivity contribution is 7.71. The van der Waals surface area contributed by atoms with Gasteiger partial charge in [-0.05, 0) is 32.1 Å². The summed E-state index contributed by atoms with van der Waals surface area (Å²) in [6, 6.07) is 2.31. The molecule has 114 valence electrons. The van der Waals surface area contributed by atoms with Crippen LogP contribution in [0.1, 0.15) is 12.6 Å². The summed E-state index contributed by atoms with van der Waals surface area (Å²) in [4.78, 5) is 12.2. The third-order valence-corrected chi connectivity index (χ3v) is 3.38. The van der Waals surface area contributed by atoms with E-state index in [1.807, 2.05) is 0 Å². The Labute approximate surface area is 135 Å². The summed E-state index contributed by atoms with van der Waals surface area (Å²) in [5.41, 5.74) is -0.497. The highest BCUT2D eigenvalue weighted by Crippen LogP contribution is 2.30. The second-order valence-electron chi connectivity index (χ2n) is 4.42. The Hall–Kier alpha value is -2.17. The number of nitrogens with one attached hydrogen (secondary N) is 1. The number of H-pyrrole nitrogens is 1. The first kappa shape index (κ1) is 16.2. The number of rotatable bonds is 3. The first-order valence-corrected chi connectivity index (χ1v) is 6.94. The summed E-state index contributed by atoms with van der Waals surface area (Å²) in [6.45, 7) is 3.12. The van der Waals surface area contributed by atoms with Gasteiger partial charge >= 0.3 is 0 Å². The van der Waals surface area contributed by atoms with E-state index in [4.69, 9.17) is 35.0 Å². The Balaban J connectivity index is 2.70. The number of halogens is 2. The van der Waals surface area contributed by atoms with E-state index in [0.29, 0.717) is 0 Å². The van der Waals surface area contributed by atoms with E-state index in [1.165, 1.54) is 13.0 Å². The van der Waals surface area contributed by atoms with Crippen molar-refractivity contribution in [1.82, 2.24) is 14.8 Å². The Bertz CT molecular complexity index is 885. The molecule has 0 saturated heterocycles. The van der Waals surface area contributed by atoms with Crippen molar-refractivity contribution in [2.24, 2.45) is 0 Å². The van der Waals surface area contributed by atoms with Crippen LogP contribution in [-0.4, -0.2) is 20.9 Å². The van der Waals surface area contributed by atoms with Crippen molar-refractivity contribution in [3.8, 4) is 23.8 Å². The summed E-state index contributed by atoms with van der Waals surface area (Å²) >= 11 is 10.9. The molecule has 0 aliphatic carbocycles. The maximum Gasteiger partial charge on any atom is 0.280 e. The maximum absolute atomic E-state index is 14.2. The Morgan fingerprint density at radius 3 is 2.91 bits per heavy atom. The van der Waals surface area contributed by atoms with E-state index < -0.39 is 17.5 Å². The van der Waals surface area contributed by atoms with Gasteiger partial charge in [-0.2, -0.15) is 5.10 Å². The van der Waals surface area contributed by atoms with Crippen molar-refractivity contribution in [2.75, 3.05) is 0 Å². The molecule has 22 heavy (non-hydrogen) atoms. The monoisotopic (exact) mass is 339 g/mol. The molecule has 1 unspecified atom stereocenters. The van der Waals surface area contributed by atoms with Crippen LogP contribution >= 0.6 is 23.8 Å². The lowest BCUT2D eigenvalue weighted by Crippen LogP contribution is -2.25. The average Bonchev–Trinajstić information content (AvgIpc) is 2.47. The fourth-order valence-electron chi connectivity index (χ4n) is 1.71. The first-order chi connectivity index (χ1) is 10.3. The highest BCUT2D eigenvalue weighted by Gasteiger charge is 2.16. The largest absolute Gasteiger partial charge is 0.476 e. The highest BCUT2D eigenvalue weighted by atomic mass is 35.5. The maximum atomic E-state index is 14.2. The van der Waals surface area contributed by atoms with Crippen LogP contribution in [0.5, 0.6) is 5.75 Å². The smallest absolute Gasteiger partial charge is 0.280 e. The minimum Gasteiger partial charge on any atom is -0.476 e. The quantitative estimate of drug-likeness (QED) is 0.690. The SMILES string of the molecule is C#CC(C)Oc1cc(-n2c(=S)[nH]nc(C)c2=O)c(F)cc1Cl. The van der Waals surface area contributed by atoms with Gasteiger partial charge < -0.3 is 4.74 Å². The number of benzene rings is 1. The molecule has 0 amide bonds. The van der Waals surface area contributed by atoms with Gasteiger partial charge in [0.1, 0.15) is 17.3 Å². The van der Waals surface area contributed by atoms with Crippen LogP contribution in [-0.2, 0) is 0 Å². The van der Waals surface area contributed by atoms with E-state index in [1.54, 1.807) is 6.92 Å². The summed E-state index contributed by atoms with van der Waals surface area (Å²) in [5, 5.41) is 6.24. The lowest BCUT2D eigenvalue weighted by atomic mass is 10.2. The molecule has 0 bridgehead atoms. The molecule has 0 aliphatic rings. The molecule has 0 saturated carbocycles. The van der Waals surface area contributed by atoms with Crippen molar-refractivity contribution in [1.29, 1.82) is 0 Å². The molecule has 1 heterocycles. The number of aryl methyl sites for hydroxylation is 1. The molecule has 1 atom stereocenters. The molecule has 0 radical (unpaired) electrons. The number of aromatic nitrogens is 3. The zero-order valence-electron chi connectivity index (χ0n) is 11.7. The number of ether oxygens (including phenoxy) is 1. The van der Waals surface area contributed by atoms with Crippen LogP contribution in [0.2, 0.25) is 5.02 Å². The number of nitrogens with zero attached hydrogens (tertiary/aromatic N) is 2. The fourth-order valence-corrected chi connectivity index (χ4v) is 2.13. The molecule has 0 spiro atoms. The van der Waals surface area contributed by atoms with Gasteiger partial charge in [-0.15, -0.1) is 6.42 Å². The Morgan fingerprint density at radius 2 is 2.27 bits per heavy atom. The van der Waals surface area contributed by atoms with E-state index in [2.05, 4.69) is 16.1 Å². The van der Waals surface area contributed by atoms with Gasteiger partial charge in [-0.3, -0.25) is 9.89 Å². The van der Waals surface area contributed by atoms with Crippen molar-refractivity contribution >= 4 is 23.8 Å². The molecular weight excluding hydrogens is 329 g/mol. The van der Waals surface area contributed by atoms with Gasteiger partial charge in [-0.25, -0.2) is 8.96 Å². The van der Waals surface area contributed by atoms with Gasteiger partial charge in [0.15, 0.2) is 6.10 Å². The molecule has 0 aliphatic heterocycles. The van der Waals surface area contributed by atoms with Gasteiger partial charge in [0, 0.05) is 6.07 Å². The molecule has 5 nitrogen and oxygen atoms in total. The number of hydrogen-bond acceptors (Lipinski definition) is 4. The predicted octanol–water partition coefficient (Wildman–Crippen LogP) is 2.79. The summed E-state index contributed by atoms with van der Waals surface area (Å²) in [6.07, 6.45) is 4.67. The van der Waals surface area contributed by atoms with Crippen LogP contribution in [0.4, 0.5) is 4.39 Å². The Morgan fingerprint density at radius 1 is 1.59 bits per heavy atom. The summed E-state index contributed by atoms with van der Waals surface area (Å²) in [5.74, 6) is 1.79. The van der Waals surface area contributed by atoms with Crippen molar-refractivity contribution < 1.29 is 9.13 Å². The average molecular weight is 340 g/mol. The van der Waals surface area contributed by atoms with Gasteiger partial charge in [-0.1, -0.05) is 17.5 Å². The second-order valence-corrected chi connectivity index (χ2v) is 5.21. The van der Waals surface area contributed by atoms with E-state index in [9.17, 15) is 9.18 Å². The van der Waals surface area contributed by atoms with E-state index in [0.717, 1.165) is 10.6 Å². The summed E-state index contributed by atoms with van der Waals surface area (Å²) in [7, 11) is 0. The van der Waals surface area contributed by atoms with Crippen molar-refractivity contribution in [3.63, 3.8) is 0 Å². The lowest BCUT2D eigenvalue weighted by molar-refractivity contribution is 0.278. The third-order valence-electron chi connectivity index (χ3n) is 2.82. The standard InChI is InChI=1S/C14H11ClFN3O2S/c1-4-7(2)21-12-6-11(10(16)5-9(12)15)19-13(20)8(3)17-18-14(19)22/h1,5-7H,2-3H3,(H,18,22). The topological polar surface area (TPSA) is 59.9 Å². The molecular formula is C14H11ClFN3O2S. The predicted molar refractivity (Wildman–Crippen MR) is 83.6 cm³/mol. The lowest BCUT2D eigenvalue weighted by Gasteiger charge is -2.14. The van der Waals surface area contributed by atoms with E-state index >= 15 is 0 Å². The summed E-state index contributed by atoms with van der Waals surface area (Å²) < 4.78 is 20.6. The normalized spacial score (nSPS) is 11.8. The van der Waals surface area contributed by atoms with Crippen molar-refractivity contribution in [3.05, 3.63) is 43.8 Å². The molecule has 1 aromatic carbocycles. The minimum absolute atomic E-state index is 0.0390. The zero-order valence-corrected chi connectivity index (χ0v) is 13.3. The van der Waals surface area contributed by atoms with Gasteiger partial charge in [0.2, 0.25) is 4.77 Å². The third kappa shape index (κ3) is 3.03. The molecule has 2 rings (SSSR count). The molecule has 1 N–H and O–H groups in total. The molecule has 2 aromatic rings. The number of aromatic amines is 1.